The number of ether oxygens (including phenoxy) is 1. The molecule has 2 amide bonds. The molecule has 4 atom stereocenters. The number of amides is 2. The Morgan fingerprint density at radius 2 is 1.86 bits per heavy atom. The predicted octanol–water partition coefficient (Wildman–Crippen LogP) is 3.97. The van der Waals surface area contributed by atoms with Crippen molar-refractivity contribution in [3.05, 3.63) is 87.5 Å². The first-order valence-corrected chi connectivity index (χ1v) is 12.2. The Kier molecular flexibility index (Phi) is 7.33. The van der Waals surface area contributed by atoms with E-state index in [1.165, 1.54) is 23.3 Å². The minimum atomic E-state index is -1.02. The second kappa shape index (κ2) is 10.4. The van der Waals surface area contributed by atoms with Crippen LogP contribution in [0.4, 0.5) is 0 Å². The second-order valence-corrected chi connectivity index (χ2v) is 9.58. The zero-order valence-electron chi connectivity index (χ0n) is 19.8. The molecule has 0 spiro atoms. The number of hydrogen-bond donors (Lipinski definition) is 1. The third kappa shape index (κ3) is 4.85. The molecule has 8 heteroatoms. The fourth-order valence-corrected chi connectivity index (χ4v) is 5.95. The molecule has 35 heavy (non-hydrogen) atoms. The molecule has 4 rings (SSSR count). The van der Waals surface area contributed by atoms with Crippen LogP contribution < -0.4 is 5.73 Å². The van der Waals surface area contributed by atoms with Gasteiger partial charge in [0.05, 0.1) is 12.0 Å². The maximum Gasteiger partial charge on any atom is 0.249 e. The van der Waals surface area contributed by atoms with Gasteiger partial charge < -0.3 is 19.8 Å². The molecule has 1 aromatic carbocycles. The Labute approximate surface area is 208 Å². The van der Waals surface area contributed by atoms with Gasteiger partial charge in [-0.2, -0.15) is 0 Å². The van der Waals surface area contributed by atoms with Crippen molar-refractivity contribution in [2.75, 3.05) is 13.7 Å². The number of likely N-dealkylation sites (tertiary alicyclic amines) is 1. The first-order valence-electron chi connectivity index (χ1n) is 11.3. The van der Waals surface area contributed by atoms with Crippen LogP contribution in [0, 0.1) is 19.8 Å². The van der Waals surface area contributed by atoms with E-state index < -0.39 is 35.7 Å². The smallest absolute Gasteiger partial charge is 0.249 e. The Morgan fingerprint density at radius 3 is 2.43 bits per heavy atom. The van der Waals surface area contributed by atoms with Crippen molar-refractivity contribution in [3.63, 3.8) is 0 Å². The quantitative estimate of drug-likeness (QED) is 0.480. The number of carbonyl (C=O) groups is 3. The highest BCUT2D eigenvalue weighted by Crippen LogP contribution is 2.47. The maximum atomic E-state index is 13.9. The van der Waals surface area contributed by atoms with E-state index >= 15 is 0 Å². The number of primary amides is 1. The van der Waals surface area contributed by atoms with Gasteiger partial charge in [0, 0.05) is 17.9 Å². The van der Waals surface area contributed by atoms with Crippen LogP contribution >= 0.6 is 11.3 Å². The summed E-state index contributed by atoms with van der Waals surface area (Å²) in [5.74, 6) is -1.98. The van der Waals surface area contributed by atoms with Gasteiger partial charge >= 0.3 is 0 Å². The minimum Gasteiger partial charge on any atom is -0.458 e. The third-order valence-electron chi connectivity index (χ3n) is 6.34. The van der Waals surface area contributed by atoms with Crippen molar-refractivity contribution in [1.82, 2.24) is 4.90 Å². The van der Waals surface area contributed by atoms with E-state index in [0.717, 1.165) is 16.0 Å². The highest BCUT2D eigenvalue weighted by atomic mass is 32.1. The molecule has 3 heterocycles. The highest BCUT2D eigenvalue weighted by Gasteiger charge is 2.56. The standard InChI is InChI=1S/C27H28N2O5S/c1-16-13-14-35-26(16)23-22(25(31)20-12-9-17(2)34-20)19(11-10-18-7-5-4-6-8-18)29(21(30)15-33-3)24(23)27(28)32/h4-14,19,22-24H,15H2,1-3H3,(H2,28,32). The number of aryl methyl sites for hydroxylation is 2. The number of rotatable bonds is 8. The van der Waals surface area contributed by atoms with Crippen LogP contribution in [0.3, 0.4) is 0 Å². The van der Waals surface area contributed by atoms with E-state index in [2.05, 4.69) is 0 Å². The number of ketones is 1. The van der Waals surface area contributed by atoms with E-state index in [4.69, 9.17) is 14.9 Å². The fourth-order valence-electron chi connectivity index (χ4n) is 4.84. The Bertz CT molecular complexity index is 1250. The lowest BCUT2D eigenvalue weighted by atomic mass is 9.80. The number of methoxy groups -OCH3 is 1. The van der Waals surface area contributed by atoms with Crippen LogP contribution in [0.2, 0.25) is 0 Å². The van der Waals surface area contributed by atoms with E-state index in [-0.39, 0.29) is 18.2 Å². The SMILES string of the molecule is COCC(=O)N1C(C=Cc2ccccc2)C(C(=O)c2ccc(C)o2)C(c2sccc2C)C1C(N)=O. The summed E-state index contributed by atoms with van der Waals surface area (Å²) in [7, 11) is 1.41. The normalized spacial score (nSPS) is 22.1. The monoisotopic (exact) mass is 492 g/mol. The van der Waals surface area contributed by atoms with Gasteiger partial charge in [-0.3, -0.25) is 14.4 Å². The Morgan fingerprint density at radius 1 is 1.11 bits per heavy atom. The van der Waals surface area contributed by atoms with E-state index in [0.29, 0.717) is 5.76 Å². The molecule has 1 fully saturated rings. The van der Waals surface area contributed by atoms with Gasteiger partial charge in [-0.1, -0.05) is 42.5 Å². The number of thiophene rings is 1. The minimum absolute atomic E-state index is 0.189. The molecule has 0 saturated carbocycles. The van der Waals surface area contributed by atoms with Crippen LogP contribution in [-0.4, -0.2) is 48.3 Å². The first kappa shape index (κ1) is 24.6. The van der Waals surface area contributed by atoms with Gasteiger partial charge in [-0.25, -0.2) is 0 Å². The molecule has 2 N–H and O–H groups in total. The molecule has 182 valence electrons. The Hall–Kier alpha value is -3.49. The van der Waals surface area contributed by atoms with Gasteiger partial charge in [-0.15, -0.1) is 11.3 Å². The highest BCUT2D eigenvalue weighted by molar-refractivity contribution is 7.10. The number of nitrogens with two attached hydrogens (primary N) is 1. The molecule has 0 radical (unpaired) electrons. The van der Waals surface area contributed by atoms with Crippen molar-refractivity contribution in [1.29, 1.82) is 0 Å². The lowest BCUT2D eigenvalue weighted by Gasteiger charge is -2.28. The maximum absolute atomic E-state index is 13.9. The molecule has 3 aromatic rings. The van der Waals surface area contributed by atoms with Crippen molar-refractivity contribution < 1.29 is 23.5 Å². The summed E-state index contributed by atoms with van der Waals surface area (Å²) < 4.78 is 10.8. The molecule has 0 bridgehead atoms. The van der Waals surface area contributed by atoms with E-state index in [1.807, 2.05) is 54.8 Å². The molecular formula is C27H28N2O5S. The molecule has 1 aliphatic rings. The van der Waals surface area contributed by atoms with Gasteiger partial charge in [-0.05, 0) is 48.6 Å². The van der Waals surface area contributed by atoms with Crippen molar-refractivity contribution in [3.8, 4) is 0 Å². The van der Waals surface area contributed by atoms with Crippen LogP contribution in [0.25, 0.3) is 6.08 Å². The summed E-state index contributed by atoms with van der Waals surface area (Å²) in [6, 6.07) is 13.1. The average Bonchev–Trinajstić information content (AvgIpc) is 3.54. The molecule has 1 aliphatic heterocycles. The largest absolute Gasteiger partial charge is 0.458 e. The summed E-state index contributed by atoms with van der Waals surface area (Å²) in [5, 5.41) is 1.91. The van der Waals surface area contributed by atoms with Gasteiger partial charge in [0.1, 0.15) is 18.4 Å². The molecule has 7 nitrogen and oxygen atoms in total. The van der Waals surface area contributed by atoms with Gasteiger partial charge in [0.2, 0.25) is 17.6 Å². The molecule has 2 aromatic heterocycles. The average molecular weight is 493 g/mol. The topological polar surface area (TPSA) is 103 Å². The van der Waals surface area contributed by atoms with Crippen LogP contribution in [-0.2, 0) is 14.3 Å². The van der Waals surface area contributed by atoms with E-state index in [1.54, 1.807) is 25.1 Å². The van der Waals surface area contributed by atoms with Crippen molar-refractivity contribution in [2.24, 2.45) is 11.7 Å². The van der Waals surface area contributed by atoms with Crippen LogP contribution in [0.15, 0.2) is 64.4 Å². The van der Waals surface area contributed by atoms with Crippen LogP contribution in [0.5, 0.6) is 0 Å². The lowest BCUT2D eigenvalue weighted by molar-refractivity contribution is -0.141. The molecule has 0 aliphatic carbocycles. The zero-order chi connectivity index (χ0) is 25.1. The first-order chi connectivity index (χ1) is 16.8. The summed E-state index contributed by atoms with van der Waals surface area (Å²) in [5.41, 5.74) is 7.75. The van der Waals surface area contributed by atoms with Crippen molar-refractivity contribution >= 4 is 35.0 Å². The summed E-state index contributed by atoms with van der Waals surface area (Å²) in [6.07, 6.45) is 3.66. The van der Waals surface area contributed by atoms with E-state index in [9.17, 15) is 14.4 Å². The molecule has 1 saturated heterocycles. The summed E-state index contributed by atoms with van der Waals surface area (Å²) in [4.78, 5) is 42.4. The predicted molar refractivity (Wildman–Crippen MR) is 134 cm³/mol. The van der Waals surface area contributed by atoms with Gasteiger partial charge in [0.25, 0.3) is 0 Å². The fraction of sp³-hybridized carbons (Fsp3) is 0.296. The number of furan rings is 1. The second-order valence-electron chi connectivity index (χ2n) is 8.64. The number of benzene rings is 1. The number of hydrogen-bond acceptors (Lipinski definition) is 6. The number of Topliss-reactive ketones (excluding diaryl/α,β-unsaturated/α-hetero) is 1. The Balaban J connectivity index is 1.91. The molecule has 4 unspecified atom stereocenters. The van der Waals surface area contributed by atoms with Crippen molar-refractivity contribution in [2.45, 2.75) is 31.8 Å². The number of carbonyl (C=O) groups excluding carboxylic acids is 3. The summed E-state index contributed by atoms with van der Waals surface area (Å²) in [6.45, 7) is 3.45. The lowest BCUT2D eigenvalue weighted by Crippen LogP contribution is -2.49. The molecular weight excluding hydrogens is 464 g/mol. The number of nitrogens with zero attached hydrogens (tertiary/aromatic N) is 1. The summed E-state index contributed by atoms with van der Waals surface area (Å²) >= 11 is 1.45. The van der Waals surface area contributed by atoms with Gasteiger partial charge in [0.15, 0.2) is 5.76 Å². The van der Waals surface area contributed by atoms with Crippen LogP contribution in [0.1, 0.15) is 38.2 Å². The third-order valence-corrected chi connectivity index (χ3v) is 7.46. The zero-order valence-corrected chi connectivity index (χ0v) is 20.7.